The third-order valence-electron chi connectivity index (χ3n) is 4.32. The first kappa shape index (κ1) is 16.6. The predicted octanol–water partition coefficient (Wildman–Crippen LogP) is 2.82. The highest BCUT2D eigenvalue weighted by Gasteiger charge is 2.34. The Bertz CT molecular complexity index is 921. The minimum Gasteiger partial charge on any atom is -0.405 e. The van der Waals surface area contributed by atoms with Crippen molar-refractivity contribution >= 4 is 0 Å². The van der Waals surface area contributed by atoms with Crippen LogP contribution in [0.25, 0.3) is 0 Å². The van der Waals surface area contributed by atoms with Gasteiger partial charge in [0.25, 0.3) is 0 Å². The second kappa shape index (κ2) is 6.13. The second-order valence-electron chi connectivity index (χ2n) is 5.95. The Balaban J connectivity index is 1.61. The molecular formula is C16H14F3N5O2. The van der Waals surface area contributed by atoms with Gasteiger partial charge in [0.15, 0.2) is 5.82 Å². The van der Waals surface area contributed by atoms with E-state index in [-0.39, 0.29) is 17.3 Å². The van der Waals surface area contributed by atoms with E-state index in [0.29, 0.717) is 5.89 Å². The van der Waals surface area contributed by atoms with E-state index in [1.165, 1.54) is 18.2 Å². The fourth-order valence-electron chi connectivity index (χ4n) is 3.12. The lowest BCUT2D eigenvalue weighted by atomic mass is 10.1. The van der Waals surface area contributed by atoms with Crippen LogP contribution in [-0.2, 0) is 6.42 Å². The zero-order chi connectivity index (χ0) is 18.3. The van der Waals surface area contributed by atoms with Gasteiger partial charge in [-0.15, -0.1) is 13.2 Å². The number of benzene rings is 1. The summed E-state index contributed by atoms with van der Waals surface area (Å²) in [5.74, 6) is -0.0722. The summed E-state index contributed by atoms with van der Waals surface area (Å²) in [5, 5.41) is 10.8. The third-order valence-corrected chi connectivity index (χ3v) is 4.32. The van der Waals surface area contributed by atoms with E-state index in [2.05, 4.69) is 25.1 Å². The van der Waals surface area contributed by atoms with Crippen LogP contribution >= 0.6 is 0 Å². The molecule has 0 amide bonds. The van der Waals surface area contributed by atoms with E-state index in [1.807, 2.05) is 0 Å². The Morgan fingerprint density at radius 1 is 1.31 bits per heavy atom. The number of rotatable bonds is 4. The van der Waals surface area contributed by atoms with Crippen molar-refractivity contribution in [1.82, 2.24) is 20.3 Å². The molecule has 2 aromatic heterocycles. The van der Waals surface area contributed by atoms with Crippen molar-refractivity contribution in [3.05, 3.63) is 59.0 Å². The summed E-state index contributed by atoms with van der Waals surface area (Å²) in [6, 6.07) is 4.60. The zero-order valence-corrected chi connectivity index (χ0v) is 13.3. The van der Waals surface area contributed by atoms with E-state index in [4.69, 9.17) is 10.3 Å². The number of H-pyrrole nitrogens is 1. The lowest BCUT2D eigenvalue weighted by Crippen LogP contribution is -2.21. The standard InChI is InChI=1S/C16H14F3N5O2/c17-16(18,19)25-11-4-2-1-3-9(11)12(20)14-22-15(26-24-14)10-6-5-8-7-21-23-13(8)10/h1-4,7,10,12H,5-6,20H2,(H,21,23). The molecule has 0 aliphatic heterocycles. The van der Waals surface area contributed by atoms with Crippen LogP contribution in [-0.4, -0.2) is 26.7 Å². The summed E-state index contributed by atoms with van der Waals surface area (Å²) in [5.41, 5.74) is 8.18. The molecule has 136 valence electrons. The highest BCUT2D eigenvalue weighted by Crippen LogP contribution is 2.37. The molecule has 1 aliphatic carbocycles. The maximum absolute atomic E-state index is 12.6. The summed E-state index contributed by atoms with van der Waals surface area (Å²) < 4.78 is 47.1. The van der Waals surface area contributed by atoms with Crippen LogP contribution < -0.4 is 10.5 Å². The first-order valence-electron chi connectivity index (χ1n) is 7.88. The molecule has 2 atom stereocenters. The van der Waals surface area contributed by atoms with Gasteiger partial charge >= 0.3 is 6.36 Å². The zero-order valence-electron chi connectivity index (χ0n) is 13.3. The van der Waals surface area contributed by atoms with E-state index >= 15 is 0 Å². The van der Waals surface area contributed by atoms with Gasteiger partial charge in [0.1, 0.15) is 5.75 Å². The van der Waals surface area contributed by atoms with Gasteiger partial charge in [-0.25, -0.2) is 0 Å². The number of aromatic amines is 1. The molecule has 2 heterocycles. The molecular weight excluding hydrogens is 351 g/mol. The number of hydrogen-bond donors (Lipinski definition) is 2. The maximum Gasteiger partial charge on any atom is 0.573 e. The lowest BCUT2D eigenvalue weighted by molar-refractivity contribution is -0.274. The van der Waals surface area contributed by atoms with Gasteiger partial charge in [0.05, 0.1) is 23.9 Å². The topological polar surface area (TPSA) is 103 Å². The Hall–Kier alpha value is -2.88. The minimum absolute atomic E-state index is 0.0891. The van der Waals surface area contributed by atoms with Crippen molar-refractivity contribution in [1.29, 1.82) is 0 Å². The van der Waals surface area contributed by atoms with Crippen LogP contribution in [0.3, 0.4) is 0 Å². The first-order valence-corrected chi connectivity index (χ1v) is 7.88. The van der Waals surface area contributed by atoms with Crippen LogP contribution in [0, 0.1) is 0 Å². The summed E-state index contributed by atoms with van der Waals surface area (Å²) in [6.45, 7) is 0. The number of halogens is 3. The van der Waals surface area contributed by atoms with Crippen molar-refractivity contribution in [3.8, 4) is 5.75 Å². The molecule has 4 rings (SSSR count). The number of nitrogens with one attached hydrogen (secondary N) is 1. The molecule has 1 aromatic carbocycles. The van der Waals surface area contributed by atoms with Gasteiger partial charge in [0, 0.05) is 5.56 Å². The Labute approximate surface area is 145 Å². The number of nitrogens with two attached hydrogens (primary N) is 1. The summed E-state index contributed by atoms with van der Waals surface area (Å²) >= 11 is 0. The Morgan fingerprint density at radius 3 is 2.92 bits per heavy atom. The molecule has 0 bridgehead atoms. The summed E-state index contributed by atoms with van der Waals surface area (Å²) in [6.07, 6.45) is -1.45. The molecule has 2 unspecified atom stereocenters. The molecule has 1 aliphatic rings. The van der Waals surface area contributed by atoms with E-state index in [9.17, 15) is 13.2 Å². The largest absolute Gasteiger partial charge is 0.573 e. The van der Waals surface area contributed by atoms with Crippen molar-refractivity contribution in [2.24, 2.45) is 5.73 Å². The predicted molar refractivity (Wildman–Crippen MR) is 82.2 cm³/mol. The monoisotopic (exact) mass is 365 g/mol. The number of aromatic nitrogens is 4. The van der Waals surface area contributed by atoms with Crippen molar-refractivity contribution in [2.75, 3.05) is 0 Å². The third kappa shape index (κ3) is 3.03. The number of ether oxygens (including phenoxy) is 1. The molecule has 0 saturated carbocycles. The first-order chi connectivity index (χ1) is 12.4. The number of nitrogens with zero attached hydrogens (tertiary/aromatic N) is 3. The molecule has 3 N–H and O–H groups in total. The molecule has 0 radical (unpaired) electrons. The van der Waals surface area contributed by atoms with E-state index < -0.39 is 18.2 Å². The fraction of sp³-hybridized carbons (Fsp3) is 0.312. The average Bonchev–Trinajstić information content (AvgIpc) is 3.29. The van der Waals surface area contributed by atoms with Crippen molar-refractivity contribution < 1.29 is 22.4 Å². The number of aryl methyl sites for hydroxylation is 1. The number of para-hydroxylation sites is 1. The van der Waals surface area contributed by atoms with Crippen LogP contribution in [0.5, 0.6) is 5.75 Å². The SMILES string of the molecule is NC(c1noc(C2CCc3cn[nH]c32)n1)c1ccccc1OC(F)(F)F. The molecule has 26 heavy (non-hydrogen) atoms. The van der Waals surface area contributed by atoms with Crippen molar-refractivity contribution in [3.63, 3.8) is 0 Å². The van der Waals surface area contributed by atoms with Gasteiger partial charge < -0.3 is 15.0 Å². The summed E-state index contributed by atoms with van der Waals surface area (Å²) in [4.78, 5) is 4.30. The van der Waals surface area contributed by atoms with Gasteiger partial charge in [-0.3, -0.25) is 5.10 Å². The van der Waals surface area contributed by atoms with Crippen LogP contribution in [0.4, 0.5) is 13.2 Å². The van der Waals surface area contributed by atoms with Crippen LogP contribution in [0.15, 0.2) is 35.0 Å². The van der Waals surface area contributed by atoms with E-state index in [1.54, 1.807) is 12.3 Å². The highest BCUT2D eigenvalue weighted by atomic mass is 19.4. The molecule has 0 saturated heterocycles. The number of hydrogen-bond acceptors (Lipinski definition) is 6. The van der Waals surface area contributed by atoms with Gasteiger partial charge in [-0.1, -0.05) is 23.4 Å². The Kier molecular flexibility index (Phi) is 3.91. The average molecular weight is 365 g/mol. The summed E-state index contributed by atoms with van der Waals surface area (Å²) in [7, 11) is 0. The van der Waals surface area contributed by atoms with Crippen LogP contribution in [0.2, 0.25) is 0 Å². The quantitative estimate of drug-likeness (QED) is 0.737. The highest BCUT2D eigenvalue weighted by molar-refractivity contribution is 5.39. The smallest absolute Gasteiger partial charge is 0.405 e. The van der Waals surface area contributed by atoms with Crippen molar-refractivity contribution in [2.45, 2.75) is 31.2 Å². The van der Waals surface area contributed by atoms with Gasteiger partial charge in [-0.2, -0.15) is 10.1 Å². The number of fused-ring (bicyclic) bond motifs is 1. The number of alkyl halides is 3. The van der Waals surface area contributed by atoms with E-state index in [0.717, 1.165) is 24.1 Å². The molecule has 10 heteroatoms. The maximum atomic E-state index is 12.6. The molecule has 3 aromatic rings. The second-order valence-corrected chi connectivity index (χ2v) is 5.95. The molecule has 0 spiro atoms. The lowest BCUT2D eigenvalue weighted by Gasteiger charge is -2.15. The van der Waals surface area contributed by atoms with Gasteiger partial charge in [0.2, 0.25) is 5.89 Å². The molecule has 0 fully saturated rings. The fourth-order valence-corrected chi connectivity index (χ4v) is 3.12. The van der Waals surface area contributed by atoms with Crippen LogP contribution in [0.1, 0.15) is 46.9 Å². The normalized spacial score (nSPS) is 17.9. The molecule has 7 nitrogen and oxygen atoms in total. The Morgan fingerprint density at radius 2 is 2.12 bits per heavy atom. The minimum atomic E-state index is -4.82. The van der Waals surface area contributed by atoms with Gasteiger partial charge in [-0.05, 0) is 24.5 Å².